The highest BCUT2D eigenvalue weighted by molar-refractivity contribution is 5.78. The van der Waals surface area contributed by atoms with E-state index in [1.54, 1.807) is 11.1 Å². The minimum absolute atomic E-state index is 0.0412. The average molecular weight is 370 g/mol. The van der Waals surface area contributed by atoms with Crippen molar-refractivity contribution in [2.75, 3.05) is 6.54 Å². The summed E-state index contributed by atoms with van der Waals surface area (Å²) in [5.41, 5.74) is 2.17. The van der Waals surface area contributed by atoms with Crippen LogP contribution in [0.3, 0.4) is 0 Å². The topological polar surface area (TPSA) is 60.2 Å². The second-order valence-electron chi connectivity index (χ2n) is 7.09. The number of hydrogen-bond acceptors (Lipinski definition) is 4. The van der Waals surface area contributed by atoms with E-state index in [0.29, 0.717) is 26.1 Å². The fourth-order valence-electron chi connectivity index (χ4n) is 3.67. The van der Waals surface area contributed by atoms with Crippen molar-refractivity contribution in [1.82, 2.24) is 19.7 Å². The van der Waals surface area contributed by atoms with Gasteiger partial charge in [-0.05, 0) is 43.9 Å². The van der Waals surface area contributed by atoms with E-state index in [1.165, 1.54) is 30.3 Å². The second-order valence-corrected chi connectivity index (χ2v) is 7.09. The van der Waals surface area contributed by atoms with E-state index in [-0.39, 0.29) is 11.8 Å². The summed E-state index contributed by atoms with van der Waals surface area (Å²) >= 11 is 0. The molecule has 3 heterocycles. The Morgan fingerprint density at radius 1 is 1.26 bits per heavy atom. The molecule has 2 aromatic heterocycles. The molecular weight excluding hydrogens is 347 g/mol. The normalized spacial score (nSPS) is 19.8. The number of carbonyl (C=O) groups excluding carboxylic acids is 1. The van der Waals surface area contributed by atoms with Crippen molar-refractivity contribution in [2.45, 2.75) is 51.3 Å². The van der Waals surface area contributed by atoms with E-state index in [4.69, 9.17) is 4.74 Å². The molecule has 0 saturated heterocycles. The number of rotatable bonds is 4. The molecule has 1 atom stereocenters. The van der Waals surface area contributed by atoms with Crippen molar-refractivity contribution in [3.63, 3.8) is 0 Å². The summed E-state index contributed by atoms with van der Waals surface area (Å²) in [6, 6.07) is 4.75. The molecule has 1 amide bonds. The smallest absolute Gasteiger partial charge is 0.250 e. The molecule has 0 fully saturated rings. The first-order chi connectivity index (χ1) is 13.2. The maximum atomic E-state index is 13.9. The summed E-state index contributed by atoms with van der Waals surface area (Å²) in [6.07, 6.45) is 9.83. The molecule has 0 radical (unpaired) electrons. The first kappa shape index (κ1) is 17.7. The minimum Gasteiger partial charge on any atom is -0.468 e. The fraction of sp³-hybridized carbons (Fsp3) is 0.450. The molecule has 0 saturated carbocycles. The zero-order valence-corrected chi connectivity index (χ0v) is 15.2. The average Bonchev–Trinajstić information content (AvgIpc) is 3.03. The van der Waals surface area contributed by atoms with Crippen LogP contribution in [0, 0.1) is 5.82 Å². The molecule has 1 aliphatic heterocycles. The highest BCUT2D eigenvalue weighted by Crippen LogP contribution is 2.23. The van der Waals surface area contributed by atoms with Crippen LogP contribution < -0.4 is 4.74 Å². The lowest BCUT2D eigenvalue weighted by Crippen LogP contribution is -2.39. The van der Waals surface area contributed by atoms with Gasteiger partial charge in [-0.1, -0.05) is 11.6 Å². The molecule has 6 nitrogen and oxygen atoms in total. The van der Waals surface area contributed by atoms with Crippen molar-refractivity contribution in [2.24, 2.45) is 0 Å². The van der Waals surface area contributed by atoms with Crippen molar-refractivity contribution >= 4 is 5.91 Å². The Balaban J connectivity index is 1.52. The molecule has 2 aromatic rings. The standard InChI is InChI=1S/C20H23FN4O2/c21-18-7-4-9-22-20(18)27-17-13-24(12-16-8-10-23-25(16)14-17)19(26)11-15-5-2-1-3-6-15/h4-5,7-10,17H,1-3,6,11-14H2. The number of fused-ring (bicyclic) bond motifs is 1. The molecule has 142 valence electrons. The van der Waals surface area contributed by atoms with Gasteiger partial charge in [-0.2, -0.15) is 5.10 Å². The van der Waals surface area contributed by atoms with E-state index >= 15 is 0 Å². The predicted molar refractivity (Wildman–Crippen MR) is 97.4 cm³/mol. The number of hydrogen-bond donors (Lipinski definition) is 0. The van der Waals surface area contributed by atoms with E-state index in [9.17, 15) is 9.18 Å². The van der Waals surface area contributed by atoms with Crippen molar-refractivity contribution < 1.29 is 13.9 Å². The SMILES string of the molecule is O=C(CC1=CCCCC1)N1Cc2ccnn2CC(Oc2ncccc2F)C1. The van der Waals surface area contributed by atoms with Crippen molar-refractivity contribution in [3.05, 3.63) is 53.8 Å². The number of nitrogens with zero attached hydrogens (tertiary/aromatic N) is 4. The molecular formula is C20H23FN4O2. The van der Waals surface area contributed by atoms with Crippen LogP contribution in [0.1, 0.15) is 37.8 Å². The zero-order chi connectivity index (χ0) is 18.6. The minimum atomic E-state index is -0.507. The Morgan fingerprint density at radius 2 is 2.19 bits per heavy atom. The van der Waals surface area contributed by atoms with E-state index in [0.717, 1.165) is 25.0 Å². The van der Waals surface area contributed by atoms with Crippen molar-refractivity contribution in [1.29, 1.82) is 0 Å². The van der Waals surface area contributed by atoms with Gasteiger partial charge in [-0.15, -0.1) is 0 Å². The molecule has 0 bridgehead atoms. The lowest BCUT2D eigenvalue weighted by atomic mass is 9.97. The summed E-state index contributed by atoms with van der Waals surface area (Å²) in [5, 5.41) is 4.31. The van der Waals surface area contributed by atoms with Gasteiger partial charge in [0.05, 0.1) is 25.3 Å². The first-order valence-corrected chi connectivity index (χ1v) is 9.42. The number of ether oxygens (including phenoxy) is 1. The highest BCUT2D eigenvalue weighted by Gasteiger charge is 2.28. The Bertz CT molecular complexity index is 848. The maximum Gasteiger partial charge on any atom is 0.250 e. The van der Waals surface area contributed by atoms with E-state index in [1.807, 2.05) is 10.7 Å². The van der Waals surface area contributed by atoms with Crippen LogP contribution in [0.25, 0.3) is 0 Å². The van der Waals surface area contributed by atoms with Crippen molar-refractivity contribution in [3.8, 4) is 5.88 Å². The molecule has 0 N–H and O–H groups in total. The lowest BCUT2D eigenvalue weighted by Gasteiger charge is -2.25. The third-order valence-corrected chi connectivity index (χ3v) is 5.08. The largest absolute Gasteiger partial charge is 0.468 e. The summed E-state index contributed by atoms with van der Waals surface area (Å²) in [5.74, 6) is -0.471. The van der Waals surface area contributed by atoms with Gasteiger partial charge in [0.2, 0.25) is 5.91 Å². The maximum absolute atomic E-state index is 13.9. The van der Waals surface area contributed by atoms with Gasteiger partial charge < -0.3 is 9.64 Å². The van der Waals surface area contributed by atoms with Crippen LogP contribution in [0.4, 0.5) is 4.39 Å². The summed E-state index contributed by atoms with van der Waals surface area (Å²) in [6.45, 7) is 1.31. The van der Waals surface area contributed by atoms with Gasteiger partial charge in [0.15, 0.2) is 5.82 Å². The number of pyridine rings is 1. The highest BCUT2D eigenvalue weighted by atomic mass is 19.1. The second kappa shape index (κ2) is 7.90. The summed E-state index contributed by atoms with van der Waals surface area (Å²) in [4.78, 5) is 18.7. The number of aromatic nitrogens is 3. The van der Waals surface area contributed by atoms with E-state index < -0.39 is 11.9 Å². The molecule has 0 spiro atoms. The van der Waals surface area contributed by atoms with E-state index in [2.05, 4.69) is 16.2 Å². The number of allylic oxidation sites excluding steroid dienone is 1. The Kier molecular flexibility index (Phi) is 5.18. The Hall–Kier alpha value is -2.70. The molecule has 7 heteroatoms. The van der Waals surface area contributed by atoms with Gasteiger partial charge in [-0.3, -0.25) is 9.48 Å². The quantitative estimate of drug-likeness (QED) is 0.776. The van der Waals surface area contributed by atoms with Gasteiger partial charge in [0, 0.05) is 18.8 Å². The Labute approximate surface area is 157 Å². The number of carbonyl (C=O) groups is 1. The zero-order valence-electron chi connectivity index (χ0n) is 15.2. The first-order valence-electron chi connectivity index (χ1n) is 9.42. The van der Waals surface area contributed by atoms with Gasteiger partial charge >= 0.3 is 0 Å². The summed E-state index contributed by atoms with van der Waals surface area (Å²) in [7, 11) is 0. The number of halogens is 1. The third-order valence-electron chi connectivity index (χ3n) is 5.08. The molecule has 0 aromatic carbocycles. The molecule has 2 aliphatic rings. The van der Waals surface area contributed by atoms with Gasteiger partial charge in [0.25, 0.3) is 5.88 Å². The predicted octanol–water partition coefficient (Wildman–Crippen LogP) is 3.10. The van der Waals surface area contributed by atoms with Crippen LogP contribution >= 0.6 is 0 Å². The van der Waals surface area contributed by atoms with Crippen LogP contribution in [0.2, 0.25) is 0 Å². The summed E-state index contributed by atoms with van der Waals surface area (Å²) < 4.78 is 21.6. The molecule has 1 aliphatic carbocycles. The third kappa shape index (κ3) is 4.18. The van der Waals surface area contributed by atoms with Crippen LogP contribution in [-0.4, -0.2) is 38.2 Å². The lowest BCUT2D eigenvalue weighted by molar-refractivity contribution is -0.132. The van der Waals surface area contributed by atoms with Crippen LogP contribution in [0.15, 0.2) is 42.2 Å². The fourth-order valence-corrected chi connectivity index (χ4v) is 3.67. The van der Waals surface area contributed by atoms with Crippen LogP contribution in [-0.2, 0) is 17.9 Å². The van der Waals surface area contributed by atoms with Crippen LogP contribution in [0.5, 0.6) is 5.88 Å². The molecule has 1 unspecified atom stereocenters. The van der Waals surface area contributed by atoms with Gasteiger partial charge in [-0.25, -0.2) is 9.37 Å². The monoisotopic (exact) mass is 370 g/mol. The molecule has 4 rings (SSSR count). The van der Waals surface area contributed by atoms with Gasteiger partial charge in [0.1, 0.15) is 6.10 Å². The Morgan fingerprint density at radius 3 is 3.00 bits per heavy atom. The molecule has 27 heavy (non-hydrogen) atoms. The number of amides is 1.